The molecule has 0 unspecified atom stereocenters. The fourth-order valence-electron chi connectivity index (χ4n) is 3.02. The van der Waals surface area contributed by atoms with E-state index in [0.717, 1.165) is 26.4 Å². The van der Waals surface area contributed by atoms with Gasteiger partial charge in [0, 0.05) is 10.3 Å². The molecule has 4 rings (SSSR count). The maximum absolute atomic E-state index is 12.6. The number of para-hydroxylation sites is 1. The number of hydrogen-bond acceptors (Lipinski definition) is 6. The van der Waals surface area contributed by atoms with Crippen molar-refractivity contribution in [1.29, 1.82) is 0 Å². The van der Waals surface area contributed by atoms with Crippen LogP contribution in [0.2, 0.25) is 0 Å². The van der Waals surface area contributed by atoms with Crippen LogP contribution >= 0.6 is 23.1 Å². The van der Waals surface area contributed by atoms with Crippen LogP contribution in [0, 0.1) is 0 Å². The van der Waals surface area contributed by atoms with Crippen LogP contribution in [-0.4, -0.2) is 29.2 Å². The first-order valence-corrected chi connectivity index (χ1v) is 11.6. The van der Waals surface area contributed by atoms with E-state index in [4.69, 9.17) is 4.74 Å². The summed E-state index contributed by atoms with van der Waals surface area (Å²) < 4.78 is 5.17. The number of aromatic nitrogens is 1. The molecule has 5 nitrogen and oxygen atoms in total. The fourth-order valence-corrected chi connectivity index (χ4v) is 4.76. The van der Waals surface area contributed by atoms with E-state index in [-0.39, 0.29) is 18.3 Å². The van der Waals surface area contributed by atoms with E-state index in [1.807, 2.05) is 66.7 Å². The van der Waals surface area contributed by atoms with Crippen molar-refractivity contribution in [1.82, 2.24) is 4.98 Å². The maximum Gasteiger partial charge on any atom is 0.341 e. The van der Waals surface area contributed by atoms with Crippen molar-refractivity contribution in [2.24, 2.45) is 0 Å². The molecule has 0 aliphatic carbocycles. The number of anilines is 1. The average molecular weight is 449 g/mol. The van der Waals surface area contributed by atoms with Crippen molar-refractivity contribution in [3.8, 4) is 10.4 Å². The van der Waals surface area contributed by atoms with Gasteiger partial charge in [-0.25, -0.2) is 9.78 Å². The van der Waals surface area contributed by atoms with Crippen molar-refractivity contribution in [2.45, 2.75) is 11.9 Å². The third-order valence-corrected chi connectivity index (χ3v) is 6.49. The van der Waals surface area contributed by atoms with Crippen molar-refractivity contribution in [3.05, 3.63) is 78.4 Å². The Morgan fingerprint density at radius 3 is 2.61 bits per heavy atom. The van der Waals surface area contributed by atoms with Gasteiger partial charge in [0.2, 0.25) is 5.91 Å². The molecule has 31 heavy (non-hydrogen) atoms. The van der Waals surface area contributed by atoms with Gasteiger partial charge in [-0.3, -0.25) is 4.79 Å². The van der Waals surface area contributed by atoms with E-state index < -0.39 is 5.97 Å². The number of fused-ring (bicyclic) bond motifs is 1. The summed E-state index contributed by atoms with van der Waals surface area (Å²) in [5, 5.41) is 5.20. The maximum atomic E-state index is 12.6. The predicted molar refractivity (Wildman–Crippen MR) is 127 cm³/mol. The molecule has 1 amide bonds. The highest BCUT2D eigenvalue weighted by Gasteiger charge is 2.20. The van der Waals surface area contributed by atoms with Crippen LogP contribution in [-0.2, 0) is 9.53 Å². The first kappa shape index (κ1) is 21.1. The van der Waals surface area contributed by atoms with E-state index in [2.05, 4.69) is 10.3 Å². The molecule has 0 saturated heterocycles. The van der Waals surface area contributed by atoms with Gasteiger partial charge in [-0.15, -0.1) is 11.3 Å². The van der Waals surface area contributed by atoms with Gasteiger partial charge >= 0.3 is 5.97 Å². The number of nitrogens with zero attached hydrogens (tertiary/aromatic N) is 1. The van der Waals surface area contributed by atoms with E-state index >= 15 is 0 Å². The Morgan fingerprint density at radius 2 is 1.81 bits per heavy atom. The minimum atomic E-state index is -0.444. The quantitative estimate of drug-likeness (QED) is 0.283. The molecule has 0 saturated carbocycles. The van der Waals surface area contributed by atoms with Crippen LogP contribution in [0.4, 0.5) is 5.00 Å². The standard InChI is InChI=1S/C24H20N2O3S2/c1-2-29-24(28)18-14-20(17-9-4-3-5-10-17)31-23(18)26-21(27)15-30-22-13-12-16-8-6-7-11-19(16)25-22/h3-14H,2,15H2,1H3,(H,26,27). The number of thiophene rings is 1. The van der Waals surface area contributed by atoms with Gasteiger partial charge in [0.15, 0.2) is 0 Å². The third-order valence-electron chi connectivity index (χ3n) is 4.46. The number of carbonyl (C=O) groups excluding carboxylic acids is 2. The van der Waals surface area contributed by atoms with Crippen LogP contribution in [0.5, 0.6) is 0 Å². The summed E-state index contributed by atoms with van der Waals surface area (Å²) in [4.78, 5) is 30.5. The number of benzene rings is 2. The van der Waals surface area contributed by atoms with Crippen molar-refractivity contribution in [3.63, 3.8) is 0 Å². The second kappa shape index (κ2) is 9.76. The zero-order valence-corrected chi connectivity index (χ0v) is 18.5. The highest BCUT2D eigenvalue weighted by Crippen LogP contribution is 2.36. The molecular formula is C24H20N2O3S2. The van der Waals surface area contributed by atoms with E-state index in [9.17, 15) is 9.59 Å². The number of pyridine rings is 1. The van der Waals surface area contributed by atoms with Crippen molar-refractivity contribution >= 4 is 50.9 Å². The smallest absolute Gasteiger partial charge is 0.341 e. The minimum Gasteiger partial charge on any atom is -0.462 e. The van der Waals surface area contributed by atoms with Crippen LogP contribution in [0.15, 0.2) is 77.8 Å². The van der Waals surface area contributed by atoms with Gasteiger partial charge in [0.1, 0.15) is 5.00 Å². The molecule has 2 aromatic heterocycles. The fraction of sp³-hybridized carbons (Fsp3) is 0.125. The van der Waals surface area contributed by atoms with Crippen LogP contribution < -0.4 is 5.32 Å². The Labute approximate surface area is 188 Å². The highest BCUT2D eigenvalue weighted by molar-refractivity contribution is 7.99. The molecule has 0 bridgehead atoms. The second-order valence-electron chi connectivity index (χ2n) is 6.62. The van der Waals surface area contributed by atoms with Crippen LogP contribution in [0.1, 0.15) is 17.3 Å². The molecule has 7 heteroatoms. The lowest BCUT2D eigenvalue weighted by Gasteiger charge is -2.06. The Balaban J connectivity index is 1.49. The topological polar surface area (TPSA) is 68.3 Å². The molecule has 156 valence electrons. The molecule has 2 heterocycles. The number of carbonyl (C=O) groups is 2. The van der Waals surface area contributed by atoms with Gasteiger partial charge in [-0.1, -0.05) is 66.4 Å². The molecule has 0 aliphatic rings. The Hall–Kier alpha value is -3.16. The van der Waals surface area contributed by atoms with Gasteiger partial charge in [0.25, 0.3) is 0 Å². The largest absolute Gasteiger partial charge is 0.462 e. The second-order valence-corrected chi connectivity index (χ2v) is 8.67. The SMILES string of the molecule is CCOC(=O)c1cc(-c2ccccc2)sc1NC(=O)CSc1ccc2ccccc2n1. The lowest BCUT2D eigenvalue weighted by atomic mass is 10.1. The number of hydrogen-bond donors (Lipinski definition) is 1. The van der Waals surface area contributed by atoms with Crippen molar-refractivity contribution in [2.75, 3.05) is 17.7 Å². The normalized spacial score (nSPS) is 10.7. The summed E-state index contributed by atoms with van der Waals surface area (Å²) in [6, 6.07) is 23.3. The van der Waals surface area contributed by atoms with E-state index in [0.29, 0.717) is 10.6 Å². The number of thioether (sulfide) groups is 1. The summed E-state index contributed by atoms with van der Waals surface area (Å²) >= 11 is 2.72. The Morgan fingerprint density at radius 1 is 1.03 bits per heavy atom. The van der Waals surface area contributed by atoms with Crippen molar-refractivity contribution < 1.29 is 14.3 Å². The summed E-state index contributed by atoms with van der Waals surface area (Å²) in [7, 11) is 0. The Kier molecular flexibility index (Phi) is 6.64. The van der Waals surface area contributed by atoms with E-state index in [1.165, 1.54) is 23.1 Å². The van der Waals surface area contributed by atoms with Gasteiger partial charge in [0.05, 0.1) is 28.5 Å². The predicted octanol–water partition coefficient (Wildman–Crippen LogP) is 5.87. The molecule has 2 aromatic carbocycles. The first-order valence-electron chi connectivity index (χ1n) is 9.79. The van der Waals surface area contributed by atoms with Gasteiger partial charge < -0.3 is 10.1 Å². The number of ether oxygens (including phenoxy) is 1. The Bertz CT molecular complexity index is 1220. The summed E-state index contributed by atoms with van der Waals surface area (Å²) in [5.41, 5.74) is 2.24. The molecule has 1 N–H and O–H groups in total. The molecular weight excluding hydrogens is 428 g/mol. The van der Waals surface area contributed by atoms with Gasteiger partial charge in [-0.05, 0) is 30.7 Å². The molecule has 0 aliphatic heterocycles. The lowest BCUT2D eigenvalue weighted by Crippen LogP contribution is -2.16. The molecule has 0 radical (unpaired) electrons. The number of esters is 1. The van der Waals surface area contributed by atoms with Crippen LogP contribution in [0.3, 0.4) is 0 Å². The minimum absolute atomic E-state index is 0.187. The summed E-state index contributed by atoms with van der Waals surface area (Å²) in [6.45, 7) is 2.03. The average Bonchev–Trinajstić information content (AvgIpc) is 3.22. The first-order chi connectivity index (χ1) is 15.1. The lowest BCUT2D eigenvalue weighted by molar-refractivity contribution is -0.113. The highest BCUT2D eigenvalue weighted by atomic mass is 32.2. The van der Waals surface area contributed by atoms with Gasteiger partial charge in [-0.2, -0.15) is 0 Å². The zero-order chi connectivity index (χ0) is 21.6. The molecule has 0 fully saturated rings. The number of amides is 1. The number of nitrogens with one attached hydrogen (secondary N) is 1. The molecule has 0 atom stereocenters. The third kappa shape index (κ3) is 5.13. The summed E-state index contributed by atoms with van der Waals surface area (Å²) in [5.74, 6) is -0.460. The zero-order valence-electron chi connectivity index (χ0n) is 16.8. The monoisotopic (exact) mass is 448 g/mol. The van der Waals surface area contributed by atoms with Crippen LogP contribution in [0.25, 0.3) is 21.3 Å². The molecule has 0 spiro atoms. The molecule has 4 aromatic rings. The van der Waals surface area contributed by atoms with E-state index in [1.54, 1.807) is 13.0 Å². The summed E-state index contributed by atoms with van der Waals surface area (Å²) in [6.07, 6.45) is 0. The number of rotatable bonds is 7.